The fourth-order valence-corrected chi connectivity index (χ4v) is 5.64. The first-order valence-electron chi connectivity index (χ1n) is 12.6. The number of ether oxygens (including phenoxy) is 2. The van der Waals surface area contributed by atoms with Crippen molar-refractivity contribution in [3.8, 4) is 0 Å². The summed E-state index contributed by atoms with van der Waals surface area (Å²) in [5.41, 5.74) is 0.179. The highest BCUT2D eigenvalue weighted by molar-refractivity contribution is 7.09. The second-order valence-electron chi connectivity index (χ2n) is 11.3. The lowest BCUT2D eigenvalue weighted by Crippen LogP contribution is -2.45. The van der Waals surface area contributed by atoms with Gasteiger partial charge in [-0.3, -0.25) is 9.59 Å². The van der Waals surface area contributed by atoms with Crippen molar-refractivity contribution in [1.82, 2.24) is 4.98 Å². The summed E-state index contributed by atoms with van der Waals surface area (Å²) in [7, 11) is 0. The van der Waals surface area contributed by atoms with Gasteiger partial charge in [0.2, 0.25) is 0 Å². The molecule has 8 heteroatoms. The van der Waals surface area contributed by atoms with Crippen LogP contribution in [0, 0.1) is 24.2 Å². The molecule has 2 aliphatic heterocycles. The van der Waals surface area contributed by atoms with Gasteiger partial charge in [-0.1, -0.05) is 34.1 Å². The molecule has 7 nitrogen and oxygen atoms in total. The molecule has 0 aromatic carbocycles. The first-order chi connectivity index (χ1) is 16.2. The molecule has 7 atom stereocenters. The van der Waals surface area contributed by atoms with Gasteiger partial charge >= 0.3 is 5.97 Å². The van der Waals surface area contributed by atoms with E-state index >= 15 is 0 Å². The van der Waals surface area contributed by atoms with Crippen LogP contribution in [-0.2, 0) is 19.1 Å². The summed E-state index contributed by atoms with van der Waals surface area (Å²) >= 11 is 1.56. The van der Waals surface area contributed by atoms with Crippen LogP contribution < -0.4 is 0 Å². The van der Waals surface area contributed by atoms with Crippen LogP contribution in [0.25, 0.3) is 6.08 Å². The Bertz CT molecular complexity index is 955. The first-order valence-corrected chi connectivity index (χ1v) is 13.5. The lowest BCUT2D eigenvalue weighted by molar-refractivity contribution is -0.154. The molecule has 196 valence electrons. The number of aliphatic hydroxyl groups excluding tert-OH is 2. The zero-order valence-electron chi connectivity index (χ0n) is 22.0. The number of rotatable bonds is 2. The molecule has 35 heavy (non-hydrogen) atoms. The summed E-state index contributed by atoms with van der Waals surface area (Å²) in [6.07, 6.45) is 1.98. The fraction of sp³-hybridized carbons (Fsp3) is 0.741. The van der Waals surface area contributed by atoms with Gasteiger partial charge in [-0.15, -0.1) is 11.3 Å². The average molecular weight is 508 g/mol. The number of hydrogen-bond acceptors (Lipinski definition) is 8. The van der Waals surface area contributed by atoms with Crippen molar-refractivity contribution in [2.24, 2.45) is 17.3 Å². The molecule has 2 fully saturated rings. The van der Waals surface area contributed by atoms with E-state index in [1.54, 1.807) is 32.1 Å². The maximum absolute atomic E-state index is 13.2. The third-order valence-electron chi connectivity index (χ3n) is 7.93. The minimum Gasteiger partial charge on any atom is -0.458 e. The van der Waals surface area contributed by atoms with E-state index in [1.165, 1.54) is 0 Å². The molecule has 3 rings (SSSR count). The number of fused-ring (bicyclic) bond motifs is 1. The molecule has 2 aliphatic rings. The molecule has 3 heterocycles. The number of cyclic esters (lactones) is 1. The topological polar surface area (TPSA) is 109 Å². The number of aryl methyl sites for hydroxylation is 1. The fourth-order valence-electron chi connectivity index (χ4n) is 5.07. The number of nitrogens with zero attached hydrogens (tertiary/aromatic N) is 1. The van der Waals surface area contributed by atoms with Crippen LogP contribution >= 0.6 is 11.3 Å². The Labute approximate surface area is 212 Å². The smallest absolute Gasteiger partial charge is 0.309 e. The van der Waals surface area contributed by atoms with Gasteiger partial charge in [0.05, 0.1) is 46.5 Å². The largest absolute Gasteiger partial charge is 0.458 e. The lowest BCUT2D eigenvalue weighted by Gasteiger charge is -2.34. The number of aliphatic hydroxyl groups is 2. The molecule has 2 N–H and O–H groups in total. The highest BCUT2D eigenvalue weighted by Gasteiger charge is 2.53. The van der Waals surface area contributed by atoms with Gasteiger partial charge in [0.25, 0.3) is 0 Å². The number of aromatic nitrogens is 1. The molecule has 1 aromatic heterocycles. The van der Waals surface area contributed by atoms with Crippen molar-refractivity contribution in [1.29, 1.82) is 0 Å². The van der Waals surface area contributed by atoms with E-state index in [4.69, 9.17) is 9.47 Å². The van der Waals surface area contributed by atoms with Crippen molar-refractivity contribution < 1.29 is 29.3 Å². The Balaban J connectivity index is 1.85. The van der Waals surface area contributed by atoms with E-state index in [-0.39, 0.29) is 29.8 Å². The monoisotopic (exact) mass is 507 g/mol. The molecule has 0 bridgehead atoms. The Morgan fingerprint density at radius 3 is 2.54 bits per heavy atom. The lowest BCUT2D eigenvalue weighted by atomic mass is 9.73. The number of esters is 1. The summed E-state index contributed by atoms with van der Waals surface area (Å²) < 4.78 is 11.9. The van der Waals surface area contributed by atoms with Crippen molar-refractivity contribution >= 4 is 29.2 Å². The van der Waals surface area contributed by atoms with E-state index in [2.05, 4.69) is 11.9 Å². The molecule has 0 saturated carbocycles. The van der Waals surface area contributed by atoms with E-state index in [0.29, 0.717) is 6.42 Å². The van der Waals surface area contributed by atoms with Crippen molar-refractivity contribution in [2.75, 3.05) is 0 Å². The van der Waals surface area contributed by atoms with Gasteiger partial charge in [-0.2, -0.15) is 0 Å². The Hall–Kier alpha value is -1.61. The van der Waals surface area contributed by atoms with Gasteiger partial charge in [0, 0.05) is 17.7 Å². The third kappa shape index (κ3) is 6.59. The highest BCUT2D eigenvalue weighted by Crippen LogP contribution is 2.45. The Morgan fingerprint density at radius 2 is 1.91 bits per heavy atom. The van der Waals surface area contributed by atoms with Gasteiger partial charge in [0.1, 0.15) is 11.9 Å². The Morgan fingerprint density at radius 1 is 1.23 bits per heavy atom. The van der Waals surface area contributed by atoms with Crippen molar-refractivity contribution in [2.45, 2.75) is 111 Å². The van der Waals surface area contributed by atoms with Crippen LogP contribution in [0.15, 0.2) is 11.0 Å². The summed E-state index contributed by atoms with van der Waals surface area (Å²) in [6.45, 7) is 12.8. The summed E-state index contributed by atoms with van der Waals surface area (Å²) in [4.78, 5) is 30.6. The molecule has 0 spiro atoms. The number of ketones is 1. The average Bonchev–Trinajstić information content (AvgIpc) is 3.22. The predicted octanol–water partition coefficient (Wildman–Crippen LogP) is 4.48. The zero-order chi connectivity index (χ0) is 26.1. The number of thiazole rings is 1. The van der Waals surface area contributed by atoms with E-state index in [1.807, 2.05) is 32.2 Å². The van der Waals surface area contributed by atoms with Crippen molar-refractivity contribution in [3.63, 3.8) is 0 Å². The molecule has 0 radical (unpaired) electrons. The first kappa shape index (κ1) is 28.0. The van der Waals surface area contributed by atoms with Crippen LogP contribution in [0.4, 0.5) is 0 Å². The number of carbonyl (C=O) groups excluding carboxylic acids is 2. The standard InChI is InChI=1S/C27H41NO6S/c1-15-9-8-10-27(7)22(34-27)12-20(16(2)11-19-14-35-18(4)28-19)33-23(30)13-21(29)26(5,6)25(32)17(3)24(15)31/h11,14-15,17,20-22,24,29,31H,8-10,12-13H2,1-7H3/b16-11+/t15-,17+,20-,21-,22+,24-,27+/m1/s1. The van der Waals surface area contributed by atoms with Crippen molar-refractivity contribution in [3.05, 3.63) is 21.7 Å². The zero-order valence-corrected chi connectivity index (χ0v) is 22.9. The minimum atomic E-state index is -1.23. The molecular formula is C27H41NO6S. The number of carbonyl (C=O) groups is 2. The second kappa shape index (κ2) is 10.8. The van der Waals surface area contributed by atoms with Crippen LogP contribution in [-0.4, -0.2) is 57.0 Å². The summed E-state index contributed by atoms with van der Waals surface area (Å²) in [5, 5.41) is 24.6. The van der Waals surface area contributed by atoms with E-state index in [9.17, 15) is 19.8 Å². The highest BCUT2D eigenvalue weighted by atomic mass is 32.1. The molecule has 0 aliphatic carbocycles. The predicted molar refractivity (Wildman–Crippen MR) is 136 cm³/mol. The van der Waals surface area contributed by atoms with Crippen LogP contribution in [0.5, 0.6) is 0 Å². The Kier molecular flexibility index (Phi) is 8.62. The van der Waals surface area contributed by atoms with Gasteiger partial charge < -0.3 is 19.7 Å². The summed E-state index contributed by atoms with van der Waals surface area (Å²) in [5.74, 6) is -1.55. The van der Waals surface area contributed by atoms with E-state index in [0.717, 1.165) is 35.5 Å². The summed E-state index contributed by atoms with van der Waals surface area (Å²) in [6, 6.07) is 0. The molecule has 0 unspecified atom stereocenters. The van der Waals surface area contributed by atoms with Gasteiger partial charge in [0.15, 0.2) is 0 Å². The number of Topliss-reactive ketones (excluding diaryl/α,β-unsaturated/α-hetero) is 1. The molecule has 2 saturated heterocycles. The van der Waals surface area contributed by atoms with Crippen LogP contribution in [0.1, 0.15) is 84.3 Å². The molecular weight excluding hydrogens is 466 g/mol. The third-order valence-corrected chi connectivity index (χ3v) is 8.72. The molecule has 0 amide bonds. The maximum Gasteiger partial charge on any atom is 0.309 e. The quantitative estimate of drug-likeness (QED) is 0.449. The van der Waals surface area contributed by atoms with Gasteiger partial charge in [-0.25, -0.2) is 4.98 Å². The van der Waals surface area contributed by atoms with Crippen LogP contribution in [0.3, 0.4) is 0 Å². The second-order valence-corrected chi connectivity index (χ2v) is 12.3. The van der Waals surface area contributed by atoms with Crippen LogP contribution in [0.2, 0.25) is 0 Å². The number of epoxide rings is 1. The SMILES string of the molecule is C/C(=C\c1csc(C)n1)[C@H]1C[C@@H]2O[C@@]2(C)CCC[C@@H](C)[C@@H](O)[C@H](C)C(=O)C(C)(C)[C@H](O)CC(=O)O1. The maximum atomic E-state index is 13.2. The minimum absolute atomic E-state index is 0.0455. The number of hydrogen-bond donors (Lipinski definition) is 2. The molecule has 1 aromatic rings. The van der Waals surface area contributed by atoms with E-state index < -0.39 is 35.6 Å². The van der Waals surface area contributed by atoms with Gasteiger partial charge in [-0.05, 0) is 51.2 Å². The normalized spacial score (nSPS) is 37.5.